The highest BCUT2D eigenvalue weighted by atomic mass is 16.5. The number of nitrogens with two attached hydrogens (primary N) is 1. The highest BCUT2D eigenvalue weighted by molar-refractivity contribution is 5.95. The summed E-state index contributed by atoms with van der Waals surface area (Å²) in [6, 6.07) is 8.11. The Morgan fingerprint density at radius 3 is 2.57 bits per heavy atom. The molecule has 0 fully saturated rings. The van der Waals surface area contributed by atoms with Gasteiger partial charge in [-0.25, -0.2) is 9.97 Å². The van der Waals surface area contributed by atoms with E-state index in [9.17, 15) is 9.59 Å². The number of primary amides is 1. The van der Waals surface area contributed by atoms with Gasteiger partial charge in [0.05, 0.1) is 0 Å². The molecule has 0 radical (unpaired) electrons. The van der Waals surface area contributed by atoms with Gasteiger partial charge in [-0.3, -0.25) is 9.59 Å². The van der Waals surface area contributed by atoms with E-state index in [0.717, 1.165) is 5.69 Å². The number of carbonyl (C=O) groups is 2. The minimum Gasteiger partial charge on any atom is -0.453 e. The van der Waals surface area contributed by atoms with Gasteiger partial charge in [-0.05, 0) is 37.3 Å². The molecule has 21 heavy (non-hydrogen) atoms. The van der Waals surface area contributed by atoms with E-state index in [2.05, 4.69) is 15.3 Å². The molecule has 2 amide bonds. The van der Waals surface area contributed by atoms with Gasteiger partial charge in [0.25, 0.3) is 5.91 Å². The highest BCUT2D eigenvalue weighted by Crippen LogP contribution is 2.09. The molecule has 0 aliphatic rings. The SMILES string of the molecule is Cc1ccnc(OCC(=O)Nc2ccc(C(N)=O)cc2)n1. The number of benzene rings is 1. The molecule has 0 aliphatic carbocycles. The van der Waals surface area contributed by atoms with Gasteiger partial charge in [0.2, 0.25) is 5.91 Å². The van der Waals surface area contributed by atoms with E-state index in [1.807, 2.05) is 0 Å². The lowest BCUT2D eigenvalue weighted by Crippen LogP contribution is -2.21. The standard InChI is InChI=1S/C14H14N4O3/c1-9-6-7-16-14(17-9)21-8-12(19)18-11-4-2-10(3-5-11)13(15)20/h2-7H,8H2,1H3,(H2,15,20)(H,18,19). The number of rotatable bonds is 5. The van der Waals surface area contributed by atoms with Crippen LogP contribution < -0.4 is 15.8 Å². The molecule has 7 nitrogen and oxygen atoms in total. The summed E-state index contributed by atoms with van der Waals surface area (Å²) in [5.74, 6) is -0.875. The molecule has 108 valence electrons. The Morgan fingerprint density at radius 2 is 1.95 bits per heavy atom. The summed E-state index contributed by atoms with van der Waals surface area (Å²) >= 11 is 0. The first-order valence-electron chi connectivity index (χ1n) is 6.17. The number of carbonyl (C=O) groups excluding carboxylic acids is 2. The van der Waals surface area contributed by atoms with E-state index in [1.54, 1.807) is 31.3 Å². The third-order valence-corrected chi connectivity index (χ3v) is 2.56. The van der Waals surface area contributed by atoms with Gasteiger partial charge in [-0.1, -0.05) is 0 Å². The van der Waals surface area contributed by atoms with Gasteiger partial charge < -0.3 is 15.8 Å². The smallest absolute Gasteiger partial charge is 0.317 e. The van der Waals surface area contributed by atoms with Crippen LogP contribution in [0.5, 0.6) is 6.01 Å². The molecule has 2 aromatic rings. The number of hydrogen-bond acceptors (Lipinski definition) is 5. The molecular formula is C14H14N4O3. The lowest BCUT2D eigenvalue weighted by Gasteiger charge is -2.07. The second kappa shape index (κ2) is 6.47. The Morgan fingerprint density at radius 1 is 1.24 bits per heavy atom. The first-order valence-corrected chi connectivity index (χ1v) is 6.17. The van der Waals surface area contributed by atoms with Crippen molar-refractivity contribution < 1.29 is 14.3 Å². The third kappa shape index (κ3) is 4.27. The number of nitrogens with one attached hydrogen (secondary N) is 1. The van der Waals surface area contributed by atoms with Crippen LogP contribution >= 0.6 is 0 Å². The van der Waals surface area contributed by atoms with Crippen LogP contribution in [0.4, 0.5) is 5.69 Å². The fourth-order valence-electron chi connectivity index (χ4n) is 1.54. The molecule has 1 aromatic carbocycles. The summed E-state index contributed by atoms with van der Waals surface area (Å²) in [5.41, 5.74) is 6.79. The van der Waals surface area contributed by atoms with Gasteiger partial charge in [0.15, 0.2) is 6.61 Å². The van der Waals surface area contributed by atoms with Crippen LogP contribution in [0.25, 0.3) is 0 Å². The van der Waals surface area contributed by atoms with Crippen molar-refractivity contribution in [1.82, 2.24) is 9.97 Å². The molecule has 0 atom stereocenters. The van der Waals surface area contributed by atoms with E-state index in [4.69, 9.17) is 10.5 Å². The molecular weight excluding hydrogens is 272 g/mol. The summed E-state index contributed by atoms with van der Waals surface area (Å²) < 4.78 is 5.17. The molecule has 0 aliphatic heterocycles. The fraction of sp³-hybridized carbons (Fsp3) is 0.143. The van der Waals surface area contributed by atoms with Gasteiger partial charge in [0.1, 0.15) is 0 Å². The molecule has 0 bridgehead atoms. The predicted molar refractivity (Wildman–Crippen MR) is 75.9 cm³/mol. The maximum Gasteiger partial charge on any atom is 0.317 e. The van der Waals surface area contributed by atoms with Gasteiger partial charge in [-0.2, -0.15) is 0 Å². The van der Waals surface area contributed by atoms with E-state index in [1.165, 1.54) is 12.1 Å². The number of aryl methyl sites for hydroxylation is 1. The number of nitrogens with zero attached hydrogens (tertiary/aromatic N) is 2. The van der Waals surface area contributed by atoms with Crippen LogP contribution in [-0.4, -0.2) is 28.4 Å². The molecule has 2 rings (SSSR count). The molecule has 1 aromatic heterocycles. The summed E-state index contributed by atoms with van der Waals surface area (Å²) in [5, 5.41) is 2.62. The molecule has 1 heterocycles. The number of hydrogen-bond donors (Lipinski definition) is 2. The maximum absolute atomic E-state index is 11.7. The Balaban J connectivity index is 1.88. The van der Waals surface area contributed by atoms with Crippen molar-refractivity contribution >= 4 is 17.5 Å². The Hall–Kier alpha value is -2.96. The van der Waals surface area contributed by atoms with Gasteiger partial charge in [0, 0.05) is 23.1 Å². The maximum atomic E-state index is 11.7. The lowest BCUT2D eigenvalue weighted by molar-refractivity contribution is -0.118. The predicted octanol–water partition coefficient (Wildman–Crippen LogP) is 0.901. The van der Waals surface area contributed by atoms with E-state index in [0.29, 0.717) is 11.3 Å². The molecule has 3 N–H and O–H groups in total. The Bertz CT molecular complexity index is 656. The van der Waals surface area contributed by atoms with Crippen LogP contribution in [0.3, 0.4) is 0 Å². The summed E-state index contributed by atoms with van der Waals surface area (Å²) in [6.45, 7) is 1.59. The molecule has 0 saturated heterocycles. The summed E-state index contributed by atoms with van der Waals surface area (Å²) in [7, 11) is 0. The topological polar surface area (TPSA) is 107 Å². The molecule has 0 unspecified atom stereocenters. The minimum atomic E-state index is -0.521. The van der Waals surface area contributed by atoms with E-state index >= 15 is 0 Å². The van der Waals surface area contributed by atoms with Crippen LogP contribution in [0, 0.1) is 6.92 Å². The number of amides is 2. The summed E-state index contributed by atoms with van der Waals surface area (Å²) in [4.78, 5) is 30.5. The van der Waals surface area contributed by atoms with Crippen LogP contribution in [-0.2, 0) is 4.79 Å². The lowest BCUT2D eigenvalue weighted by atomic mass is 10.2. The number of aromatic nitrogens is 2. The minimum absolute atomic E-state index is 0.147. The normalized spacial score (nSPS) is 9.95. The Labute approximate surface area is 121 Å². The first kappa shape index (κ1) is 14.4. The van der Waals surface area contributed by atoms with Crippen molar-refractivity contribution in [2.24, 2.45) is 5.73 Å². The van der Waals surface area contributed by atoms with Crippen LogP contribution in [0.15, 0.2) is 36.5 Å². The van der Waals surface area contributed by atoms with Gasteiger partial charge in [-0.15, -0.1) is 0 Å². The van der Waals surface area contributed by atoms with Gasteiger partial charge >= 0.3 is 6.01 Å². The molecule has 7 heteroatoms. The third-order valence-electron chi connectivity index (χ3n) is 2.56. The summed E-state index contributed by atoms with van der Waals surface area (Å²) in [6.07, 6.45) is 1.55. The fourth-order valence-corrected chi connectivity index (χ4v) is 1.54. The molecule has 0 spiro atoms. The van der Waals surface area contributed by atoms with Crippen molar-refractivity contribution in [3.05, 3.63) is 47.8 Å². The quantitative estimate of drug-likeness (QED) is 0.849. The van der Waals surface area contributed by atoms with Crippen LogP contribution in [0.1, 0.15) is 16.1 Å². The van der Waals surface area contributed by atoms with Crippen LogP contribution in [0.2, 0.25) is 0 Å². The van der Waals surface area contributed by atoms with Crippen molar-refractivity contribution in [3.63, 3.8) is 0 Å². The van der Waals surface area contributed by atoms with Crippen molar-refractivity contribution in [3.8, 4) is 6.01 Å². The largest absolute Gasteiger partial charge is 0.453 e. The zero-order valence-corrected chi connectivity index (χ0v) is 11.4. The average molecular weight is 286 g/mol. The number of anilines is 1. The average Bonchev–Trinajstić information content (AvgIpc) is 2.46. The zero-order valence-electron chi connectivity index (χ0n) is 11.4. The first-order chi connectivity index (χ1) is 10.0. The van der Waals surface area contributed by atoms with E-state index in [-0.39, 0.29) is 18.5 Å². The number of ether oxygens (including phenoxy) is 1. The van der Waals surface area contributed by atoms with Crippen molar-refractivity contribution in [2.75, 3.05) is 11.9 Å². The van der Waals surface area contributed by atoms with E-state index < -0.39 is 5.91 Å². The van der Waals surface area contributed by atoms with Crippen molar-refractivity contribution in [1.29, 1.82) is 0 Å². The molecule has 0 saturated carbocycles. The second-order valence-electron chi connectivity index (χ2n) is 4.26. The monoisotopic (exact) mass is 286 g/mol. The second-order valence-corrected chi connectivity index (χ2v) is 4.26. The van der Waals surface area contributed by atoms with Crippen molar-refractivity contribution in [2.45, 2.75) is 6.92 Å². The highest BCUT2D eigenvalue weighted by Gasteiger charge is 2.06. The Kier molecular flexibility index (Phi) is 4.45. The zero-order chi connectivity index (χ0) is 15.2.